The van der Waals surface area contributed by atoms with E-state index in [1.165, 1.54) is 43.2 Å². The zero-order valence-electron chi connectivity index (χ0n) is 20.8. The van der Waals surface area contributed by atoms with Gasteiger partial charge in [0.1, 0.15) is 12.1 Å². The lowest BCUT2D eigenvalue weighted by molar-refractivity contribution is 0.666. The summed E-state index contributed by atoms with van der Waals surface area (Å²) in [7, 11) is 0. The number of unbranched alkanes of at least 4 members (excludes halogenated alkanes) is 5. The van der Waals surface area contributed by atoms with Gasteiger partial charge in [0.25, 0.3) is 0 Å². The Balaban J connectivity index is 2.11. The number of hydrogen-bond donors (Lipinski definition) is 0. The van der Waals surface area contributed by atoms with Crippen LogP contribution in [0.4, 0.5) is 0 Å². The Hall–Kier alpha value is -2.92. The molecule has 0 saturated heterocycles. The maximum absolute atomic E-state index is 9.89. The third-order valence-electron chi connectivity index (χ3n) is 6.16. The Morgan fingerprint density at radius 1 is 0.714 bits per heavy atom. The fourth-order valence-corrected chi connectivity index (χ4v) is 5.61. The number of allylic oxidation sites excluding steroid dienone is 2. The molecule has 4 heteroatoms. The van der Waals surface area contributed by atoms with Crippen molar-refractivity contribution in [3.8, 4) is 12.1 Å². The molecule has 0 aliphatic heterocycles. The number of thiophene rings is 2. The Morgan fingerprint density at radius 3 is 1.57 bits per heavy atom. The Bertz CT molecular complexity index is 1200. The second-order valence-electron chi connectivity index (χ2n) is 8.81. The van der Waals surface area contributed by atoms with Crippen LogP contribution in [0.1, 0.15) is 90.8 Å². The molecule has 3 aromatic rings. The molecule has 3 rings (SSSR count). The van der Waals surface area contributed by atoms with E-state index in [-0.39, 0.29) is 0 Å². The molecule has 35 heavy (non-hydrogen) atoms. The lowest BCUT2D eigenvalue weighted by Gasteiger charge is -2.14. The molecule has 0 bridgehead atoms. The fraction of sp³-hybridized carbons (Fsp3) is 0.355. The molecule has 2 nitrogen and oxygen atoms in total. The van der Waals surface area contributed by atoms with Crippen molar-refractivity contribution >= 4 is 46.0 Å². The molecule has 0 saturated carbocycles. The van der Waals surface area contributed by atoms with E-state index in [4.69, 9.17) is 0 Å². The van der Waals surface area contributed by atoms with Gasteiger partial charge in [0, 0.05) is 9.75 Å². The summed E-state index contributed by atoms with van der Waals surface area (Å²) in [6.45, 7) is 4.45. The highest BCUT2D eigenvalue weighted by Gasteiger charge is 2.12. The van der Waals surface area contributed by atoms with Crippen LogP contribution in [0.2, 0.25) is 0 Å². The molecule has 0 aliphatic rings. The Labute approximate surface area is 218 Å². The highest BCUT2D eigenvalue weighted by molar-refractivity contribution is 7.11. The molecule has 2 aromatic heterocycles. The van der Waals surface area contributed by atoms with Crippen molar-refractivity contribution in [3.05, 3.63) is 79.2 Å². The number of aryl methyl sites for hydroxylation is 2. The zero-order chi connectivity index (χ0) is 24.9. The van der Waals surface area contributed by atoms with Crippen molar-refractivity contribution in [2.24, 2.45) is 0 Å². The zero-order valence-corrected chi connectivity index (χ0v) is 22.5. The van der Waals surface area contributed by atoms with Gasteiger partial charge >= 0.3 is 0 Å². The minimum atomic E-state index is 0.716. The van der Waals surface area contributed by atoms with E-state index in [2.05, 4.69) is 50.3 Å². The predicted octanol–water partition coefficient (Wildman–Crippen LogP) is 9.79. The van der Waals surface area contributed by atoms with E-state index in [0.29, 0.717) is 11.1 Å². The van der Waals surface area contributed by atoms with Gasteiger partial charge in [-0.3, -0.25) is 0 Å². The molecule has 2 heterocycles. The first-order valence-electron chi connectivity index (χ1n) is 12.7. The first-order chi connectivity index (χ1) is 17.2. The van der Waals surface area contributed by atoms with Crippen LogP contribution in [0.5, 0.6) is 0 Å². The molecule has 0 amide bonds. The van der Waals surface area contributed by atoms with E-state index in [0.717, 1.165) is 46.6 Å². The van der Waals surface area contributed by atoms with Crippen LogP contribution < -0.4 is 0 Å². The van der Waals surface area contributed by atoms with E-state index in [1.54, 1.807) is 22.7 Å². The average Bonchev–Trinajstić information content (AvgIpc) is 3.60. The first kappa shape index (κ1) is 26.7. The maximum Gasteiger partial charge on any atom is 0.101 e. The van der Waals surface area contributed by atoms with Crippen LogP contribution >= 0.6 is 22.7 Å². The Kier molecular flexibility index (Phi) is 11.0. The van der Waals surface area contributed by atoms with Crippen LogP contribution in [0.3, 0.4) is 0 Å². The third-order valence-corrected chi connectivity index (χ3v) is 7.97. The SMILES string of the molecule is CCCCCCc1cc(/C=C(\C#N)c2cccs2)c(CCCCC)cc1/C=C(\C#N)c1cccs1. The summed E-state index contributed by atoms with van der Waals surface area (Å²) >= 11 is 3.21. The minimum Gasteiger partial charge on any atom is -0.192 e. The second kappa shape index (κ2) is 14.5. The summed E-state index contributed by atoms with van der Waals surface area (Å²) in [6.07, 6.45) is 14.3. The van der Waals surface area contributed by atoms with Crippen molar-refractivity contribution in [2.45, 2.75) is 71.6 Å². The number of nitriles is 2. The number of hydrogen-bond acceptors (Lipinski definition) is 4. The summed E-state index contributed by atoms with van der Waals surface area (Å²) in [5.74, 6) is 0. The normalized spacial score (nSPS) is 11.9. The minimum absolute atomic E-state index is 0.716. The van der Waals surface area contributed by atoms with Crippen LogP contribution in [0.15, 0.2) is 47.2 Å². The monoisotopic (exact) mass is 498 g/mol. The molecule has 0 radical (unpaired) electrons. The summed E-state index contributed by atoms with van der Waals surface area (Å²) in [4.78, 5) is 2.01. The summed E-state index contributed by atoms with van der Waals surface area (Å²) < 4.78 is 0. The number of rotatable bonds is 13. The summed E-state index contributed by atoms with van der Waals surface area (Å²) in [6, 6.07) is 17.4. The van der Waals surface area contributed by atoms with Crippen molar-refractivity contribution in [1.82, 2.24) is 0 Å². The van der Waals surface area contributed by atoms with Crippen LogP contribution in [0.25, 0.3) is 23.3 Å². The van der Waals surface area contributed by atoms with Gasteiger partial charge < -0.3 is 0 Å². The topological polar surface area (TPSA) is 47.6 Å². The fourth-order valence-electron chi connectivity index (χ4n) is 4.23. The molecule has 0 N–H and O–H groups in total. The molecule has 0 atom stereocenters. The molecular weight excluding hydrogens is 464 g/mol. The molecule has 0 fully saturated rings. The van der Waals surface area contributed by atoms with Gasteiger partial charge in [-0.1, -0.05) is 70.2 Å². The first-order valence-corrected chi connectivity index (χ1v) is 14.4. The van der Waals surface area contributed by atoms with Gasteiger partial charge in [0.2, 0.25) is 0 Å². The summed E-state index contributed by atoms with van der Waals surface area (Å²) in [5.41, 5.74) is 6.24. The van der Waals surface area contributed by atoms with Crippen molar-refractivity contribution in [2.75, 3.05) is 0 Å². The lowest BCUT2D eigenvalue weighted by Crippen LogP contribution is -1.99. The lowest BCUT2D eigenvalue weighted by atomic mass is 9.90. The van der Waals surface area contributed by atoms with Gasteiger partial charge in [-0.2, -0.15) is 10.5 Å². The van der Waals surface area contributed by atoms with Gasteiger partial charge in [-0.25, -0.2) is 0 Å². The molecule has 0 unspecified atom stereocenters. The van der Waals surface area contributed by atoms with E-state index < -0.39 is 0 Å². The van der Waals surface area contributed by atoms with Gasteiger partial charge in [-0.15, -0.1) is 22.7 Å². The molecule has 0 spiro atoms. The molecular formula is C31H34N2S2. The van der Waals surface area contributed by atoms with E-state index in [9.17, 15) is 10.5 Å². The largest absolute Gasteiger partial charge is 0.192 e. The third kappa shape index (κ3) is 7.79. The number of nitrogens with zero attached hydrogens (tertiary/aromatic N) is 2. The molecule has 1 aromatic carbocycles. The highest BCUT2D eigenvalue weighted by Crippen LogP contribution is 2.30. The highest BCUT2D eigenvalue weighted by atomic mass is 32.1. The van der Waals surface area contributed by atoms with Gasteiger partial charge in [0.15, 0.2) is 0 Å². The molecule has 180 valence electrons. The number of benzene rings is 1. The molecule has 0 aliphatic carbocycles. The van der Waals surface area contributed by atoms with Gasteiger partial charge in [0.05, 0.1) is 11.1 Å². The van der Waals surface area contributed by atoms with E-state index in [1.807, 2.05) is 35.0 Å². The van der Waals surface area contributed by atoms with Crippen LogP contribution in [-0.2, 0) is 12.8 Å². The van der Waals surface area contributed by atoms with Crippen LogP contribution in [-0.4, -0.2) is 0 Å². The van der Waals surface area contributed by atoms with Gasteiger partial charge in [-0.05, 0) is 83.0 Å². The van der Waals surface area contributed by atoms with Crippen molar-refractivity contribution in [3.63, 3.8) is 0 Å². The summed E-state index contributed by atoms with van der Waals surface area (Å²) in [5, 5.41) is 23.8. The van der Waals surface area contributed by atoms with Crippen molar-refractivity contribution < 1.29 is 0 Å². The smallest absolute Gasteiger partial charge is 0.101 e. The quantitative estimate of drug-likeness (QED) is 0.174. The maximum atomic E-state index is 9.89. The standard InChI is InChI=1S/C31H34N2S2/c1-3-5-7-9-13-25-19-26(20-28(22-32)30-14-10-16-34-30)24(12-8-6-4-2)18-27(25)21-29(23-33)31-15-11-17-35-31/h10-11,14-21H,3-9,12-13H2,1-2H3/b28-20+,29-21+. The van der Waals surface area contributed by atoms with E-state index >= 15 is 0 Å². The van der Waals surface area contributed by atoms with Crippen LogP contribution in [0, 0.1) is 22.7 Å². The predicted molar refractivity (Wildman–Crippen MR) is 153 cm³/mol. The second-order valence-corrected chi connectivity index (χ2v) is 10.7. The Morgan fingerprint density at radius 2 is 1.17 bits per heavy atom. The average molecular weight is 499 g/mol. The van der Waals surface area contributed by atoms with Crippen molar-refractivity contribution in [1.29, 1.82) is 10.5 Å².